The predicted octanol–water partition coefficient (Wildman–Crippen LogP) is 1.99. The molecule has 2 aliphatic rings. The van der Waals surface area contributed by atoms with Crippen molar-refractivity contribution in [3.05, 3.63) is 0 Å². The predicted molar refractivity (Wildman–Crippen MR) is 60.2 cm³/mol. The van der Waals surface area contributed by atoms with Crippen LogP contribution in [0.3, 0.4) is 0 Å². The van der Waals surface area contributed by atoms with Crippen molar-refractivity contribution in [2.24, 2.45) is 11.7 Å². The van der Waals surface area contributed by atoms with Gasteiger partial charge in [-0.05, 0) is 51.1 Å². The highest BCUT2D eigenvalue weighted by Gasteiger charge is 2.28. The molecule has 1 aliphatic heterocycles. The van der Waals surface area contributed by atoms with Crippen LogP contribution in [0.25, 0.3) is 0 Å². The molecule has 1 saturated heterocycles. The molecule has 1 unspecified atom stereocenters. The third-order valence-electron chi connectivity index (χ3n) is 3.69. The fourth-order valence-corrected chi connectivity index (χ4v) is 2.63. The summed E-state index contributed by atoms with van der Waals surface area (Å²) in [5.41, 5.74) is 5.69. The Morgan fingerprint density at radius 3 is 2.64 bits per heavy atom. The Balaban J connectivity index is 1.84. The molecule has 0 radical (unpaired) electrons. The fourth-order valence-electron chi connectivity index (χ4n) is 2.63. The number of nitrogens with zero attached hydrogens (tertiary/aromatic N) is 1. The van der Waals surface area contributed by atoms with Crippen LogP contribution in [0.1, 0.15) is 44.9 Å². The maximum absolute atomic E-state index is 5.69. The van der Waals surface area contributed by atoms with E-state index in [2.05, 4.69) is 4.90 Å². The van der Waals surface area contributed by atoms with Crippen molar-refractivity contribution >= 4 is 0 Å². The molecule has 2 rings (SSSR count). The molecule has 1 heterocycles. The molecule has 0 bridgehead atoms. The maximum Gasteiger partial charge on any atom is 0.0107 e. The highest BCUT2D eigenvalue weighted by atomic mass is 15.2. The lowest BCUT2D eigenvalue weighted by atomic mass is 10.1. The van der Waals surface area contributed by atoms with Gasteiger partial charge in [-0.25, -0.2) is 0 Å². The lowest BCUT2D eigenvalue weighted by molar-refractivity contribution is 0.184. The molecule has 1 aliphatic carbocycles. The maximum atomic E-state index is 5.69. The lowest BCUT2D eigenvalue weighted by Gasteiger charge is -2.29. The highest BCUT2D eigenvalue weighted by molar-refractivity contribution is 4.82. The smallest absolute Gasteiger partial charge is 0.0107 e. The summed E-state index contributed by atoms with van der Waals surface area (Å²) < 4.78 is 0. The van der Waals surface area contributed by atoms with E-state index >= 15 is 0 Å². The fraction of sp³-hybridized carbons (Fsp3) is 1.00. The van der Waals surface area contributed by atoms with E-state index in [9.17, 15) is 0 Å². The van der Waals surface area contributed by atoms with Gasteiger partial charge in [0.1, 0.15) is 0 Å². The van der Waals surface area contributed by atoms with Gasteiger partial charge in [0.05, 0.1) is 0 Å². The Bertz CT molecular complexity index is 166. The van der Waals surface area contributed by atoms with E-state index in [4.69, 9.17) is 5.73 Å². The number of nitrogens with two attached hydrogens (primary N) is 1. The largest absolute Gasteiger partial charge is 0.330 e. The number of hydrogen-bond donors (Lipinski definition) is 1. The summed E-state index contributed by atoms with van der Waals surface area (Å²) in [5, 5.41) is 0. The van der Waals surface area contributed by atoms with Crippen LogP contribution >= 0.6 is 0 Å². The number of likely N-dealkylation sites (tertiary alicyclic amines) is 1. The molecule has 2 fully saturated rings. The van der Waals surface area contributed by atoms with E-state index in [0.717, 1.165) is 18.5 Å². The highest BCUT2D eigenvalue weighted by Crippen LogP contribution is 2.32. The van der Waals surface area contributed by atoms with Gasteiger partial charge < -0.3 is 10.6 Å². The lowest BCUT2D eigenvalue weighted by Crippen LogP contribution is -2.37. The Morgan fingerprint density at radius 1 is 1.07 bits per heavy atom. The summed E-state index contributed by atoms with van der Waals surface area (Å²) in [4.78, 5) is 2.73. The first-order valence-electron chi connectivity index (χ1n) is 6.34. The van der Waals surface area contributed by atoms with Crippen molar-refractivity contribution in [1.29, 1.82) is 0 Å². The minimum atomic E-state index is 0.808. The van der Waals surface area contributed by atoms with E-state index in [1.165, 1.54) is 58.0 Å². The summed E-state index contributed by atoms with van der Waals surface area (Å²) in [7, 11) is 0. The zero-order valence-corrected chi connectivity index (χ0v) is 9.25. The van der Waals surface area contributed by atoms with Crippen molar-refractivity contribution in [1.82, 2.24) is 4.90 Å². The second kappa shape index (κ2) is 5.13. The molecular weight excluding hydrogens is 172 g/mol. The minimum absolute atomic E-state index is 0.808. The second-order valence-electron chi connectivity index (χ2n) is 5.02. The Labute approximate surface area is 87.8 Å². The molecule has 1 saturated carbocycles. The molecule has 82 valence electrons. The standard InChI is InChI=1S/C12H24N2/c13-8-7-12-4-2-1-3-9-14(12)10-11-5-6-11/h11-12H,1-10,13H2. The zero-order valence-electron chi connectivity index (χ0n) is 9.25. The van der Waals surface area contributed by atoms with Crippen molar-refractivity contribution in [3.8, 4) is 0 Å². The molecule has 0 amide bonds. The van der Waals surface area contributed by atoms with Gasteiger partial charge in [-0.2, -0.15) is 0 Å². The van der Waals surface area contributed by atoms with Crippen molar-refractivity contribution in [3.63, 3.8) is 0 Å². The van der Waals surface area contributed by atoms with Gasteiger partial charge in [0.25, 0.3) is 0 Å². The monoisotopic (exact) mass is 196 g/mol. The summed E-state index contributed by atoms with van der Waals surface area (Å²) in [6, 6.07) is 0.808. The van der Waals surface area contributed by atoms with E-state index in [-0.39, 0.29) is 0 Å². The normalized spacial score (nSPS) is 30.2. The Morgan fingerprint density at radius 2 is 1.93 bits per heavy atom. The van der Waals surface area contributed by atoms with Crippen LogP contribution in [0.4, 0.5) is 0 Å². The van der Waals surface area contributed by atoms with Crippen LogP contribution in [0.2, 0.25) is 0 Å². The van der Waals surface area contributed by atoms with Crippen molar-refractivity contribution in [2.45, 2.75) is 51.0 Å². The van der Waals surface area contributed by atoms with Crippen LogP contribution in [0.5, 0.6) is 0 Å². The molecule has 14 heavy (non-hydrogen) atoms. The molecule has 0 aromatic carbocycles. The van der Waals surface area contributed by atoms with E-state index in [1.807, 2.05) is 0 Å². The molecule has 2 N–H and O–H groups in total. The number of hydrogen-bond acceptors (Lipinski definition) is 2. The molecule has 0 spiro atoms. The van der Waals surface area contributed by atoms with E-state index in [0.29, 0.717) is 0 Å². The average Bonchev–Trinajstić information content (AvgIpc) is 2.98. The first kappa shape index (κ1) is 10.4. The van der Waals surface area contributed by atoms with E-state index in [1.54, 1.807) is 0 Å². The topological polar surface area (TPSA) is 29.3 Å². The third-order valence-corrected chi connectivity index (χ3v) is 3.69. The van der Waals surface area contributed by atoms with Gasteiger partial charge in [-0.1, -0.05) is 12.8 Å². The molecule has 2 nitrogen and oxygen atoms in total. The van der Waals surface area contributed by atoms with Gasteiger partial charge in [-0.15, -0.1) is 0 Å². The van der Waals surface area contributed by atoms with Crippen molar-refractivity contribution in [2.75, 3.05) is 19.6 Å². The van der Waals surface area contributed by atoms with Crippen molar-refractivity contribution < 1.29 is 0 Å². The first-order chi connectivity index (χ1) is 6.90. The summed E-state index contributed by atoms with van der Waals surface area (Å²) in [5.74, 6) is 1.04. The van der Waals surface area contributed by atoms with Crippen LogP contribution < -0.4 is 5.73 Å². The molecule has 1 atom stereocenters. The second-order valence-corrected chi connectivity index (χ2v) is 5.02. The third kappa shape index (κ3) is 2.96. The average molecular weight is 196 g/mol. The summed E-state index contributed by atoms with van der Waals surface area (Å²) in [6.45, 7) is 3.57. The first-order valence-corrected chi connectivity index (χ1v) is 6.34. The van der Waals surface area contributed by atoms with Gasteiger partial charge in [0, 0.05) is 12.6 Å². The van der Waals surface area contributed by atoms with Gasteiger partial charge in [0.2, 0.25) is 0 Å². The molecule has 0 aromatic heterocycles. The van der Waals surface area contributed by atoms with Gasteiger partial charge in [-0.3, -0.25) is 0 Å². The van der Waals surface area contributed by atoms with Crippen LogP contribution in [-0.2, 0) is 0 Å². The molecule has 0 aromatic rings. The van der Waals surface area contributed by atoms with Crippen LogP contribution in [0, 0.1) is 5.92 Å². The number of rotatable bonds is 4. The Kier molecular flexibility index (Phi) is 3.82. The zero-order chi connectivity index (χ0) is 9.80. The molecular formula is C12H24N2. The quantitative estimate of drug-likeness (QED) is 0.745. The minimum Gasteiger partial charge on any atom is -0.330 e. The Hall–Kier alpha value is -0.0800. The SMILES string of the molecule is NCCC1CCCCCN1CC1CC1. The van der Waals surface area contributed by atoms with Gasteiger partial charge >= 0.3 is 0 Å². The van der Waals surface area contributed by atoms with Crippen LogP contribution in [0.15, 0.2) is 0 Å². The summed E-state index contributed by atoms with van der Waals surface area (Å²) in [6.07, 6.45) is 9.83. The van der Waals surface area contributed by atoms with E-state index < -0.39 is 0 Å². The van der Waals surface area contributed by atoms with Crippen LogP contribution in [-0.4, -0.2) is 30.6 Å². The van der Waals surface area contributed by atoms with Gasteiger partial charge in [0.15, 0.2) is 0 Å². The summed E-state index contributed by atoms with van der Waals surface area (Å²) >= 11 is 0. The molecule has 2 heteroatoms.